The summed E-state index contributed by atoms with van der Waals surface area (Å²) in [5.74, 6) is -39.6. The van der Waals surface area contributed by atoms with Crippen molar-refractivity contribution >= 4 is 5.91 Å². The standard InChI is InChI=1S/C17H18F17NO3/c1-8(2)37-6-4-3-5-9(36)35-7-10(18,19)11(20,21)13(24,25)16(31,32)38-17(33,34)14(26,27)12(22,23)15(28,29)30/h8H,3-7H2,1-2H3,(H,35,36). The summed E-state index contributed by atoms with van der Waals surface area (Å²) in [6.07, 6.45) is -24.6. The Morgan fingerprint density at radius 2 is 1.08 bits per heavy atom. The minimum Gasteiger partial charge on any atom is -0.379 e. The summed E-state index contributed by atoms with van der Waals surface area (Å²) in [6, 6.07) is 0. The molecule has 0 aliphatic carbocycles. The minimum atomic E-state index is -8.14. The van der Waals surface area contributed by atoms with E-state index >= 15 is 0 Å². The van der Waals surface area contributed by atoms with E-state index in [1.807, 2.05) is 0 Å². The highest BCUT2D eigenvalue weighted by Crippen LogP contribution is 2.58. The van der Waals surface area contributed by atoms with Gasteiger partial charge in [-0.15, -0.1) is 0 Å². The molecule has 0 rings (SSSR count). The van der Waals surface area contributed by atoms with Gasteiger partial charge >= 0.3 is 48.0 Å². The number of amides is 1. The number of ether oxygens (including phenoxy) is 2. The Hall–Kier alpha value is -1.80. The van der Waals surface area contributed by atoms with Gasteiger partial charge in [-0.05, 0) is 26.7 Å². The lowest BCUT2D eigenvalue weighted by atomic mass is 10.0. The predicted octanol–water partition coefficient (Wildman–Crippen LogP) is 6.64. The third kappa shape index (κ3) is 7.23. The van der Waals surface area contributed by atoms with E-state index in [2.05, 4.69) is 0 Å². The average Bonchev–Trinajstić information content (AvgIpc) is 2.69. The number of hydrogen-bond donors (Lipinski definition) is 1. The smallest absolute Gasteiger partial charge is 0.379 e. The van der Waals surface area contributed by atoms with Crippen LogP contribution in [0.5, 0.6) is 0 Å². The summed E-state index contributed by atoms with van der Waals surface area (Å²) in [4.78, 5) is 11.4. The monoisotopic (exact) mass is 607 g/mol. The van der Waals surface area contributed by atoms with Crippen LogP contribution in [0.4, 0.5) is 74.6 Å². The fourth-order valence-corrected chi connectivity index (χ4v) is 2.18. The highest BCUT2D eigenvalue weighted by Gasteiger charge is 2.88. The summed E-state index contributed by atoms with van der Waals surface area (Å²) < 4.78 is 228. The SMILES string of the molecule is CC(C)OCCCCC(=O)NCC(F)(F)C(F)(F)C(F)(F)C(F)(F)OC(F)(F)C(F)(F)C(F)(F)C(F)(F)F. The van der Waals surface area contributed by atoms with Gasteiger partial charge in [0.15, 0.2) is 0 Å². The van der Waals surface area contributed by atoms with Gasteiger partial charge in [-0.25, -0.2) is 4.74 Å². The predicted molar refractivity (Wildman–Crippen MR) is 89.7 cm³/mol. The van der Waals surface area contributed by atoms with Crippen LogP contribution in [-0.4, -0.2) is 73.2 Å². The lowest BCUT2D eigenvalue weighted by Gasteiger charge is -2.39. The third-order valence-electron chi connectivity index (χ3n) is 4.35. The Morgan fingerprint density at radius 1 is 0.658 bits per heavy atom. The van der Waals surface area contributed by atoms with E-state index in [4.69, 9.17) is 4.74 Å². The van der Waals surface area contributed by atoms with E-state index in [-0.39, 0.29) is 25.6 Å². The molecule has 0 unspecified atom stereocenters. The van der Waals surface area contributed by atoms with Crippen LogP contribution in [-0.2, 0) is 14.3 Å². The van der Waals surface area contributed by atoms with Gasteiger partial charge in [-0.3, -0.25) is 4.79 Å². The van der Waals surface area contributed by atoms with Crippen LogP contribution in [0, 0.1) is 0 Å². The number of carbonyl (C=O) groups is 1. The second kappa shape index (κ2) is 11.4. The zero-order valence-electron chi connectivity index (χ0n) is 18.8. The lowest BCUT2D eigenvalue weighted by Crippen LogP contribution is -2.68. The average molecular weight is 607 g/mol. The van der Waals surface area contributed by atoms with E-state index in [0.29, 0.717) is 0 Å². The van der Waals surface area contributed by atoms with E-state index in [1.165, 1.54) is 4.74 Å². The molecule has 228 valence electrons. The van der Waals surface area contributed by atoms with Crippen LogP contribution in [0.15, 0.2) is 0 Å². The van der Waals surface area contributed by atoms with Crippen LogP contribution in [0.2, 0.25) is 0 Å². The topological polar surface area (TPSA) is 47.6 Å². The van der Waals surface area contributed by atoms with Crippen LogP contribution >= 0.6 is 0 Å². The second-order valence-electron chi connectivity index (χ2n) is 7.79. The maximum atomic E-state index is 13.7. The van der Waals surface area contributed by atoms with E-state index in [1.54, 1.807) is 13.8 Å². The van der Waals surface area contributed by atoms with Gasteiger partial charge in [0.25, 0.3) is 0 Å². The number of alkyl halides is 17. The van der Waals surface area contributed by atoms with Gasteiger partial charge in [0.1, 0.15) is 0 Å². The molecule has 0 radical (unpaired) electrons. The molecule has 0 saturated carbocycles. The Labute approximate surface area is 201 Å². The van der Waals surface area contributed by atoms with Gasteiger partial charge < -0.3 is 10.1 Å². The molecule has 0 aromatic rings. The molecule has 0 aromatic heterocycles. The normalized spacial score (nSPS) is 15.3. The van der Waals surface area contributed by atoms with Crippen molar-refractivity contribution in [2.45, 2.75) is 87.2 Å². The first-order valence-electron chi connectivity index (χ1n) is 9.81. The zero-order chi connectivity index (χ0) is 30.8. The van der Waals surface area contributed by atoms with E-state index in [9.17, 15) is 79.4 Å². The molecular weight excluding hydrogens is 589 g/mol. The van der Waals surface area contributed by atoms with Crippen molar-refractivity contribution in [3.05, 3.63) is 0 Å². The number of carbonyl (C=O) groups excluding carboxylic acids is 1. The molecule has 0 fully saturated rings. The molecule has 0 atom stereocenters. The van der Waals surface area contributed by atoms with Crippen molar-refractivity contribution in [1.82, 2.24) is 5.32 Å². The van der Waals surface area contributed by atoms with Crippen molar-refractivity contribution in [1.29, 1.82) is 0 Å². The second-order valence-corrected chi connectivity index (χ2v) is 7.79. The van der Waals surface area contributed by atoms with Crippen LogP contribution in [0.1, 0.15) is 33.1 Å². The summed E-state index contributed by atoms with van der Waals surface area (Å²) >= 11 is 0. The Kier molecular flexibility index (Phi) is 10.8. The van der Waals surface area contributed by atoms with Crippen molar-refractivity contribution in [3.63, 3.8) is 0 Å². The van der Waals surface area contributed by atoms with Gasteiger partial charge in [0.05, 0.1) is 12.6 Å². The minimum absolute atomic E-state index is 0.0407. The maximum Gasteiger partial charge on any atom is 0.460 e. The number of unbranched alkanes of at least 4 members (excludes halogenated alkanes) is 1. The van der Waals surface area contributed by atoms with Gasteiger partial charge in [0, 0.05) is 13.0 Å². The molecule has 1 amide bonds. The number of halogens is 17. The largest absolute Gasteiger partial charge is 0.460 e. The molecule has 38 heavy (non-hydrogen) atoms. The Bertz CT molecular complexity index is 795. The Morgan fingerprint density at radius 3 is 1.47 bits per heavy atom. The molecule has 0 spiro atoms. The first-order valence-corrected chi connectivity index (χ1v) is 9.81. The molecule has 0 heterocycles. The van der Waals surface area contributed by atoms with Crippen molar-refractivity contribution in [2.24, 2.45) is 0 Å². The van der Waals surface area contributed by atoms with Gasteiger partial charge in [-0.2, -0.15) is 74.6 Å². The van der Waals surface area contributed by atoms with E-state index < -0.39 is 66.9 Å². The molecule has 0 aliphatic rings. The molecule has 21 heteroatoms. The quantitative estimate of drug-likeness (QED) is 0.168. The number of hydrogen-bond acceptors (Lipinski definition) is 3. The summed E-state index contributed by atoms with van der Waals surface area (Å²) in [5, 5.41) is 0.940. The number of nitrogens with one attached hydrogen (secondary N) is 1. The fraction of sp³-hybridized carbons (Fsp3) is 0.941. The molecule has 4 nitrogen and oxygen atoms in total. The van der Waals surface area contributed by atoms with Gasteiger partial charge in [0.2, 0.25) is 5.91 Å². The van der Waals surface area contributed by atoms with Gasteiger partial charge in [-0.1, -0.05) is 0 Å². The molecular formula is C17H18F17NO3. The first kappa shape index (κ1) is 36.2. The fourth-order valence-electron chi connectivity index (χ4n) is 2.18. The first-order chi connectivity index (χ1) is 16.5. The summed E-state index contributed by atoms with van der Waals surface area (Å²) in [5.41, 5.74) is 0. The zero-order valence-corrected chi connectivity index (χ0v) is 18.8. The molecule has 0 aliphatic heterocycles. The van der Waals surface area contributed by atoms with Crippen molar-refractivity contribution in [2.75, 3.05) is 13.2 Å². The van der Waals surface area contributed by atoms with E-state index in [0.717, 1.165) is 5.32 Å². The Balaban J connectivity index is 5.71. The molecule has 0 bridgehead atoms. The third-order valence-corrected chi connectivity index (χ3v) is 4.35. The highest BCUT2D eigenvalue weighted by molar-refractivity contribution is 5.75. The molecule has 0 saturated heterocycles. The highest BCUT2D eigenvalue weighted by atomic mass is 19.4. The maximum absolute atomic E-state index is 13.7. The number of rotatable bonds is 15. The van der Waals surface area contributed by atoms with Crippen molar-refractivity contribution < 1.29 is 88.9 Å². The van der Waals surface area contributed by atoms with Crippen molar-refractivity contribution in [3.8, 4) is 0 Å². The molecule has 0 aromatic carbocycles. The summed E-state index contributed by atoms with van der Waals surface area (Å²) in [7, 11) is 0. The summed E-state index contributed by atoms with van der Waals surface area (Å²) in [6.45, 7) is 0.401. The van der Waals surface area contributed by atoms with Crippen LogP contribution in [0.3, 0.4) is 0 Å². The lowest BCUT2D eigenvalue weighted by molar-refractivity contribution is -0.518. The molecule has 1 N–H and O–H groups in total. The van der Waals surface area contributed by atoms with Crippen LogP contribution < -0.4 is 5.32 Å². The van der Waals surface area contributed by atoms with Crippen LogP contribution in [0.25, 0.3) is 0 Å².